The molecule has 312 valence electrons. The first-order chi connectivity index (χ1) is 28.3. The van der Waals surface area contributed by atoms with Crippen molar-refractivity contribution in [3.63, 3.8) is 0 Å². The van der Waals surface area contributed by atoms with E-state index in [0.29, 0.717) is 18.2 Å². The van der Waals surface area contributed by atoms with E-state index in [4.69, 9.17) is 10.5 Å². The van der Waals surface area contributed by atoms with Gasteiger partial charge < -0.3 is 31.5 Å². The van der Waals surface area contributed by atoms with Crippen molar-refractivity contribution in [2.45, 2.75) is 110 Å². The number of fused-ring (bicyclic) bond motifs is 1. The van der Waals surface area contributed by atoms with E-state index in [2.05, 4.69) is 79.9 Å². The van der Waals surface area contributed by atoms with E-state index < -0.39 is 6.04 Å². The third kappa shape index (κ3) is 13.8. The Morgan fingerprint density at radius 2 is 1.83 bits per heavy atom. The van der Waals surface area contributed by atoms with Gasteiger partial charge in [-0.1, -0.05) is 63.2 Å². The third-order valence-electron chi connectivity index (χ3n) is 10.3. The number of nitrogens with one attached hydrogen (secondary N) is 2. The fourth-order valence-corrected chi connectivity index (χ4v) is 7.26. The van der Waals surface area contributed by atoms with E-state index in [-0.39, 0.29) is 31.1 Å². The quantitative estimate of drug-likeness (QED) is 0.0667. The van der Waals surface area contributed by atoms with E-state index >= 15 is 0 Å². The van der Waals surface area contributed by atoms with Crippen LogP contribution in [0.25, 0.3) is 23.2 Å². The van der Waals surface area contributed by atoms with Gasteiger partial charge in [-0.25, -0.2) is 0 Å². The van der Waals surface area contributed by atoms with E-state index in [9.17, 15) is 14.4 Å². The first-order valence-electron chi connectivity index (χ1n) is 20.7. The van der Waals surface area contributed by atoms with Crippen molar-refractivity contribution in [1.82, 2.24) is 29.9 Å². The molecule has 2 aromatic heterocycles. The van der Waals surface area contributed by atoms with Crippen molar-refractivity contribution in [3.05, 3.63) is 87.7 Å². The maximum atomic E-state index is 13.2. The predicted octanol–water partition coefficient (Wildman–Crippen LogP) is 4.93. The van der Waals surface area contributed by atoms with E-state index in [0.717, 1.165) is 80.5 Å². The Labute approximate surface area is 344 Å². The number of aromatic amines is 1. The van der Waals surface area contributed by atoms with Crippen LogP contribution >= 0.6 is 0 Å². The highest BCUT2D eigenvalue weighted by molar-refractivity contribution is 5.96. The lowest BCUT2D eigenvalue weighted by atomic mass is 10.1. The number of benzene rings is 2. The van der Waals surface area contributed by atoms with E-state index in [1.165, 1.54) is 39.9 Å². The fraction of sp³-hybridized carbons (Fsp3) is 0.457. The second-order valence-electron chi connectivity index (χ2n) is 14.1. The Morgan fingerprint density at radius 1 is 1.07 bits per heavy atom. The Bertz CT molecular complexity index is 2090. The molecule has 2 atom stereocenters. The zero-order valence-electron chi connectivity index (χ0n) is 35.1. The molecule has 1 aliphatic heterocycles. The maximum absolute atomic E-state index is 13.2. The number of primary amides is 1. The van der Waals surface area contributed by atoms with Crippen LogP contribution in [0.1, 0.15) is 118 Å². The lowest BCUT2D eigenvalue weighted by Crippen LogP contribution is -2.41. The summed E-state index contributed by atoms with van der Waals surface area (Å²) in [6, 6.07) is 15.8. The van der Waals surface area contributed by atoms with Crippen molar-refractivity contribution < 1.29 is 19.2 Å². The largest absolute Gasteiger partial charge is 0.404 e. The molecule has 1 aliphatic rings. The summed E-state index contributed by atoms with van der Waals surface area (Å²) < 4.78 is 2.12. The SMILES string of the molecule is CC.CCN(C(=O)c1cccc(C#CCCCCCCCn2ncc3cc(C/C=c4/[nH]c(C5CCCN5C)c/c4=C/N)ccc32)c1)C(C=O)CCC(=O)NC.NC=O. The summed E-state index contributed by atoms with van der Waals surface area (Å²) in [5.74, 6) is 6.06. The van der Waals surface area contributed by atoms with Gasteiger partial charge in [0, 0.05) is 78.0 Å². The Kier molecular flexibility index (Phi) is 20.6. The standard InChI is InChI=1S/C43H55N7O3.C2H6.CH3NO/c1-4-49(37(31-51)20-23-42(52)45-2)43(53)34-16-12-15-32(26-34)14-10-8-6-5-7-9-11-25-50-40-22-19-33(27-36(40)30-46-50)18-21-38-35(29-44)28-39(47-38)41-17-13-24-48(41)3;1-2;2-1-3/h12,15-16,19,21-22,26-31,37,41,47H,4-9,11,13,17-18,20,23-25,44H2,1-3H3,(H,45,52);1-2H3;1H,(H2,2,3)/b35-29-,38-21+;;. The topological polar surface area (TPSA) is 172 Å². The number of carbonyl (C=O) groups excluding carboxylic acids is 4. The van der Waals surface area contributed by atoms with Crippen molar-refractivity contribution in [2.24, 2.45) is 11.5 Å². The van der Waals surface area contributed by atoms with Gasteiger partial charge in [0.25, 0.3) is 5.91 Å². The smallest absolute Gasteiger partial charge is 0.254 e. The highest BCUT2D eigenvalue weighted by Crippen LogP contribution is 2.28. The Hall–Kier alpha value is -5.67. The number of unbranched alkanes of at least 4 members (excludes halogenated alkanes) is 5. The van der Waals surface area contributed by atoms with Gasteiger partial charge >= 0.3 is 0 Å². The molecule has 58 heavy (non-hydrogen) atoms. The Morgan fingerprint density at radius 3 is 2.52 bits per heavy atom. The number of hydrogen-bond acceptors (Lipinski definition) is 7. The van der Waals surface area contributed by atoms with Gasteiger partial charge in [0.05, 0.1) is 17.8 Å². The molecule has 0 radical (unpaired) electrons. The van der Waals surface area contributed by atoms with Gasteiger partial charge in [0.2, 0.25) is 12.3 Å². The number of hydrogen-bond donors (Lipinski definition) is 4. The average Bonchev–Trinajstić information content (AvgIpc) is 3.99. The van der Waals surface area contributed by atoms with Crippen LogP contribution in [0.5, 0.6) is 0 Å². The molecule has 2 unspecified atom stereocenters. The number of aryl methyl sites for hydroxylation is 1. The van der Waals surface area contributed by atoms with Crippen LogP contribution in [0.2, 0.25) is 0 Å². The number of likely N-dealkylation sites (N-methyl/N-ethyl adjacent to an activating group) is 1. The minimum absolute atomic E-state index is 0.156. The van der Waals surface area contributed by atoms with Gasteiger partial charge in [-0.3, -0.25) is 24.0 Å². The summed E-state index contributed by atoms with van der Waals surface area (Å²) in [5.41, 5.74) is 15.1. The normalized spacial score (nSPS) is 14.7. The lowest BCUT2D eigenvalue weighted by molar-refractivity contribution is -0.121. The molecule has 1 saturated heterocycles. The molecule has 0 spiro atoms. The van der Waals surface area contributed by atoms with Crippen molar-refractivity contribution in [1.29, 1.82) is 0 Å². The van der Waals surface area contributed by atoms with Crippen LogP contribution in [-0.4, -0.2) is 82.3 Å². The van der Waals surface area contributed by atoms with E-state index in [1.807, 2.05) is 39.1 Å². The summed E-state index contributed by atoms with van der Waals surface area (Å²) >= 11 is 0. The second kappa shape index (κ2) is 25.6. The number of likely N-dealkylation sites (tertiary alicyclic amines) is 1. The number of carbonyl (C=O) groups is 4. The van der Waals surface area contributed by atoms with Crippen LogP contribution in [-0.2, 0) is 27.3 Å². The minimum Gasteiger partial charge on any atom is -0.404 e. The number of aldehydes is 1. The number of H-pyrrole nitrogens is 1. The van der Waals surface area contributed by atoms with Gasteiger partial charge in [-0.15, -0.1) is 0 Å². The molecule has 5 rings (SSSR count). The van der Waals surface area contributed by atoms with Crippen LogP contribution in [0.3, 0.4) is 0 Å². The monoisotopic (exact) mass is 793 g/mol. The molecule has 0 saturated carbocycles. The predicted molar refractivity (Wildman–Crippen MR) is 234 cm³/mol. The zero-order chi connectivity index (χ0) is 42.3. The van der Waals surface area contributed by atoms with Crippen LogP contribution in [0, 0.1) is 11.8 Å². The van der Waals surface area contributed by atoms with E-state index in [1.54, 1.807) is 25.4 Å². The van der Waals surface area contributed by atoms with Gasteiger partial charge in [-0.2, -0.15) is 5.10 Å². The summed E-state index contributed by atoms with van der Waals surface area (Å²) in [4.78, 5) is 52.8. The highest BCUT2D eigenvalue weighted by atomic mass is 16.2. The van der Waals surface area contributed by atoms with Gasteiger partial charge in [0.1, 0.15) is 6.29 Å². The number of rotatable bonds is 17. The maximum Gasteiger partial charge on any atom is 0.254 e. The molecule has 1 fully saturated rings. The number of nitrogens with zero attached hydrogens (tertiary/aromatic N) is 4. The van der Waals surface area contributed by atoms with Crippen LogP contribution < -0.4 is 27.4 Å². The molecule has 3 amide bonds. The summed E-state index contributed by atoms with van der Waals surface area (Å²) in [5, 5.41) is 10.6. The first kappa shape index (κ1) is 46.7. The van der Waals surface area contributed by atoms with Gasteiger partial charge in [-0.05, 0) is 101 Å². The first-order valence-corrected chi connectivity index (χ1v) is 20.7. The fourth-order valence-electron chi connectivity index (χ4n) is 7.26. The molecule has 2 aromatic carbocycles. The van der Waals surface area contributed by atoms with Crippen LogP contribution in [0.4, 0.5) is 0 Å². The molecule has 4 aromatic rings. The Balaban J connectivity index is 0.00000172. The average molecular weight is 793 g/mol. The minimum atomic E-state index is -0.654. The zero-order valence-corrected chi connectivity index (χ0v) is 35.1. The van der Waals surface area contributed by atoms with Crippen molar-refractivity contribution in [2.75, 3.05) is 27.2 Å². The highest BCUT2D eigenvalue weighted by Gasteiger charge is 2.25. The van der Waals surface area contributed by atoms with Crippen LogP contribution in [0.15, 0.2) is 54.7 Å². The molecule has 3 heterocycles. The lowest BCUT2D eigenvalue weighted by Gasteiger charge is -2.27. The van der Waals surface area contributed by atoms with Crippen molar-refractivity contribution in [3.8, 4) is 11.8 Å². The number of amides is 3. The molecule has 6 N–H and O–H groups in total. The summed E-state index contributed by atoms with van der Waals surface area (Å²) in [6.07, 6.45) is 16.9. The summed E-state index contributed by atoms with van der Waals surface area (Å²) in [6.45, 7) is 8.24. The number of aromatic nitrogens is 3. The molecule has 0 bridgehead atoms. The van der Waals surface area contributed by atoms with Crippen molar-refractivity contribution >= 4 is 47.7 Å². The third-order valence-corrected chi connectivity index (χ3v) is 10.3. The molecule has 12 nitrogen and oxygen atoms in total. The molecule has 12 heteroatoms. The number of nitrogens with two attached hydrogens (primary N) is 2. The molecular formula is C46H64N8O4. The molecule has 0 aliphatic carbocycles. The summed E-state index contributed by atoms with van der Waals surface area (Å²) in [7, 11) is 3.75. The second-order valence-corrected chi connectivity index (χ2v) is 14.1. The van der Waals surface area contributed by atoms with Gasteiger partial charge in [0.15, 0.2) is 0 Å². The molecular weight excluding hydrogens is 729 g/mol.